The number of methoxy groups -OCH3 is 1. The molecule has 0 amide bonds. The Labute approximate surface area is 100 Å². The van der Waals surface area contributed by atoms with Gasteiger partial charge in [0.2, 0.25) is 0 Å². The number of carbonyl (C=O) groups excluding carboxylic acids is 1. The molecular formula is C11H8F3NO3. The minimum absolute atomic E-state index is 0.0913. The highest BCUT2D eigenvalue weighted by molar-refractivity contribution is 5.91. The van der Waals surface area contributed by atoms with E-state index < -0.39 is 35.4 Å². The Morgan fingerprint density at radius 1 is 1.50 bits per heavy atom. The second-order valence-electron chi connectivity index (χ2n) is 3.31. The van der Waals surface area contributed by atoms with Crippen LogP contribution in [0.3, 0.4) is 0 Å². The van der Waals surface area contributed by atoms with Gasteiger partial charge in [0.25, 0.3) is 0 Å². The molecule has 18 heavy (non-hydrogen) atoms. The van der Waals surface area contributed by atoms with Gasteiger partial charge in [0.05, 0.1) is 36.5 Å². The van der Waals surface area contributed by atoms with E-state index in [1.807, 2.05) is 0 Å². The summed E-state index contributed by atoms with van der Waals surface area (Å²) in [7, 11) is 1.01. The van der Waals surface area contributed by atoms with E-state index in [1.165, 1.54) is 6.07 Å². The number of aliphatic hydroxyl groups is 1. The molecule has 0 radical (unpaired) electrons. The maximum atomic E-state index is 12.7. The summed E-state index contributed by atoms with van der Waals surface area (Å²) in [5.74, 6) is -1.01. The van der Waals surface area contributed by atoms with Crippen LogP contribution in [0.5, 0.6) is 0 Å². The molecule has 0 atom stereocenters. The van der Waals surface area contributed by atoms with Crippen LogP contribution in [-0.4, -0.2) is 18.2 Å². The third-order valence-electron chi connectivity index (χ3n) is 2.24. The molecule has 0 fully saturated rings. The number of alkyl halides is 3. The van der Waals surface area contributed by atoms with Crippen LogP contribution in [0.15, 0.2) is 12.1 Å². The second-order valence-corrected chi connectivity index (χ2v) is 3.31. The lowest BCUT2D eigenvalue weighted by atomic mass is 9.99. The van der Waals surface area contributed by atoms with Crippen molar-refractivity contribution in [2.75, 3.05) is 7.11 Å². The molecule has 1 aromatic rings. The van der Waals surface area contributed by atoms with E-state index in [9.17, 15) is 18.0 Å². The topological polar surface area (TPSA) is 70.3 Å². The molecule has 7 heteroatoms. The minimum Gasteiger partial charge on any atom is -0.465 e. The number of rotatable bonds is 2. The van der Waals surface area contributed by atoms with Crippen molar-refractivity contribution in [3.05, 3.63) is 34.4 Å². The van der Waals surface area contributed by atoms with Crippen LogP contribution in [0.2, 0.25) is 0 Å². The van der Waals surface area contributed by atoms with Gasteiger partial charge in [0, 0.05) is 0 Å². The van der Waals surface area contributed by atoms with E-state index in [2.05, 4.69) is 4.74 Å². The Morgan fingerprint density at radius 2 is 2.11 bits per heavy atom. The van der Waals surface area contributed by atoms with Crippen LogP contribution in [-0.2, 0) is 17.5 Å². The number of benzene rings is 1. The first kappa shape index (κ1) is 14.0. The summed E-state index contributed by atoms with van der Waals surface area (Å²) in [6.07, 6.45) is -4.76. The fourth-order valence-electron chi connectivity index (χ4n) is 1.40. The first-order chi connectivity index (χ1) is 8.35. The lowest BCUT2D eigenvalue weighted by molar-refractivity contribution is -0.137. The van der Waals surface area contributed by atoms with E-state index in [1.54, 1.807) is 0 Å². The van der Waals surface area contributed by atoms with Crippen molar-refractivity contribution in [2.24, 2.45) is 0 Å². The van der Waals surface area contributed by atoms with Crippen LogP contribution in [0, 0.1) is 11.3 Å². The van der Waals surface area contributed by atoms with Gasteiger partial charge in [-0.2, -0.15) is 18.4 Å². The molecule has 96 valence electrons. The van der Waals surface area contributed by atoms with Crippen molar-refractivity contribution in [1.82, 2.24) is 0 Å². The summed E-state index contributed by atoms with van der Waals surface area (Å²) in [6.45, 7) is -0.669. The molecule has 0 spiro atoms. The lowest BCUT2D eigenvalue weighted by Crippen LogP contribution is -2.13. The molecule has 1 rings (SSSR count). The zero-order valence-corrected chi connectivity index (χ0v) is 9.21. The largest absolute Gasteiger partial charge is 0.465 e. The fourth-order valence-corrected chi connectivity index (χ4v) is 1.40. The monoisotopic (exact) mass is 259 g/mol. The number of nitriles is 1. The summed E-state index contributed by atoms with van der Waals surface area (Å²) in [5, 5.41) is 17.6. The third kappa shape index (κ3) is 2.60. The van der Waals surface area contributed by atoms with Gasteiger partial charge in [0.15, 0.2) is 0 Å². The average molecular weight is 259 g/mol. The minimum atomic E-state index is -4.76. The van der Waals surface area contributed by atoms with Crippen LogP contribution in [0.1, 0.15) is 27.0 Å². The number of hydrogen-bond acceptors (Lipinski definition) is 4. The van der Waals surface area contributed by atoms with Crippen molar-refractivity contribution in [2.45, 2.75) is 12.8 Å². The van der Waals surface area contributed by atoms with E-state index in [0.717, 1.165) is 13.2 Å². The predicted molar refractivity (Wildman–Crippen MR) is 53.4 cm³/mol. The van der Waals surface area contributed by atoms with Crippen molar-refractivity contribution in [3.8, 4) is 6.07 Å². The molecule has 0 heterocycles. The predicted octanol–water partition coefficient (Wildman–Crippen LogP) is 1.86. The normalized spacial score (nSPS) is 10.9. The standard InChI is InChI=1S/C11H8F3NO3/c1-18-10(17)8-3-9(11(12,13)14)6(4-15)2-7(8)5-16/h2-3,16H,5H2,1H3. The van der Waals surface area contributed by atoms with Gasteiger partial charge in [0.1, 0.15) is 0 Å². The number of halogens is 3. The zero-order chi connectivity index (χ0) is 13.9. The van der Waals surface area contributed by atoms with Crippen molar-refractivity contribution in [3.63, 3.8) is 0 Å². The van der Waals surface area contributed by atoms with Gasteiger partial charge >= 0.3 is 12.1 Å². The van der Waals surface area contributed by atoms with E-state index in [4.69, 9.17) is 10.4 Å². The van der Waals surface area contributed by atoms with Gasteiger partial charge in [-0.1, -0.05) is 0 Å². The van der Waals surface area contributed by atoms with Crippen LogP contribution < -0.4 is 0 Å². The third-order valence-corrected chi connectivity index (χ3v) is 2.24. The molecule has 0 aliphatic carbocycles. The maximum absolute atomic E-state index is 12.7. The summed E-state index contributed by atoms with van der Waals surface area (Å²) in [5.41, 5.74) is -2.39. The number of aliphatic hydroxyl groups excluding tert-OH is 1. The van der Waals surface area contributed by atoms with Gasteiger partial charge in [-0.15, -0.1) is 0 Å². The van der Waals surface area contributed by atoms with Crippen LogP contribution in [0.25, 0.3) is 0 Å². The van der Waals surface area contributed by atoms with Gasteiger partial charge < -0.3 is 9.84 Å². The molecule has 0 unspecified atom stereocenters. The molecule has 0 saturated carbocycles. The smallest absolute Gasteiger partial charge is 0.417 e. The van der Waals surface area contributed by atoms with E-state index in [-0.39, 0.29) is 5.56 Å². The van der Waals surface area contributed by atoms with Crippen LogP contribution in [0.4, 0.5) is 13.2 Å². The Kier molecular flexibility index (Phi) is 3.93. The van der Waals surface area contributed by atoms with Crippen molar-refractivity contribution >= 4 is 5.97 Å². The average Bonchev–Trinajstić information content (AvgIpc) is 2.34. The molecular weight excluding hydrogens is 251 g/mol. The highest BCUT2D eigenvalue weighted by Gasteiger charge is 2.35. The molecule has 1 aromatic carbocycles. The summed E-state index contributed by atoms with van der Waals surface area (Å²) in [6, 6.07) is 2.72. The summed E-state index contributed by atoms with van der Waals surface area (Å²) < 4.78 is 42.3. The molecule has 4 nitrogen and oxygen atoms in total. The van der Waals surface area contributed by atoms with Crippen molar-refractivity contribution < 1.29 is 27.8 Å². The quantitative estimate of drug-likeness (QED) is 0.823. The molecule has 0 bridgehead atoms. The Hall–Kier alpha value is -2.07. The Bertz CT molecular complexity index is 517. The Balaban J connectivity index is 3.55. The van der Waals surface area contributed by atoms with E-state index in [0.29, 0.717) is 6.07 Å². The molecule has 1 N–H and O–H groups in total. The van der Waals surface area contributed by atoms with Crippen molar-refractivity contribution in [1.29, 1.82) is 5.26 Å². The maximum Gasteiger partial charge on any atom is 0.417 e. The SMILES string of the molecule is COC(=O)c1cc(C(F)(F)F)c(C#N)cc1CO. The molecule has 0 aromatic heterocycles. The van der Waals surface area contributed by atoms with Gasteiger partial charge in [-0.25, -0.2) is 4.79 Å². The molecule has 0 aliphatic heterocycles. The highest BCUT2D eigenvalue weighted by atomic mass is 19.4. The fraction of sp³-hybridized carbons (Fsp3) is 0.273. The Morgan fingerprint density at radius 3 is 2.50 bits per heavy atom. The summed E-state index contributed by atoms with van der Waals surface area (Å²) >= 11 is 0. The summed E-state index contributed by atoms with van der Waals surface area (Å²) in [4.78, 5) is 11.3. The number of esters is 1. The second kappa shape index (κ2) is 5.06. The highest BCUT2D eigenvalue weighted by Crippen LogP contribution is 2.33. The van der Waals surface area contributed by atoms with E-state index >= 15 is 0 Å². The number of carbonyl (C=O) groups is 1. The zero-order valence-electron chi connectivity index (χ0n) is 9.21. The number of nitrogens with zero attached hydrogens (tertiary/aromatic N) is 1. The molecule has 0 saturated heterocycles. The number of hydrogen-bond donors (Lipinski definition) is 1. The van der Waals surface area contributed by atoms with Gasteiger partial charge in [-0.05, 0) is 17.7 Å². The lowest BCUT2D eigenvalue weighted by Gasteiger charge is -2.13. The first-order valence-electron chi connectivity index (χ1n) is 4.68. The van der Waals surface area contributed by atoms with Gasteiger partial charge in [-0.3, -0.25) is 0 Å². The van der Waals surface area contributed by atoms with Crippen LogP contribution >= 0.6 is 0 Å². The first-order valence-corrected chi connectivity index (χ1v) is 4.68. The molecule has 0 aliphatic rings. The number of ether oxygens (including phenoxy) is 1.